The van der Waals surface area contributed by atoms with Crippen molar-refractivity contribution < 1.29 is 4.79 Å². The second-order valence-corrected chi connectivity index (χ2v) is 7.41. The number of rotatable bonds is 7. The average molecular weight is 385 g/mol. The highest BCUT2D eigenvalue weighted by molar-refractivity contribution is 7.20. The first-order chi connectivity index (χ1) is 13.0. The van der Waals surface area contributed by atoms with Crippen molar-refractivity contribution in [1.82, 2.24) is 19.9 Å². The second kappa shape index (κ2) is 8.30. The summed E-state index contributed by atoms with van der Waals surface area (Å²) in [5.74, 6) is -0.111. The maximum Gasteiger partial charge on any atom is 0.275 e. The van der Waals surface area contributed by atoms with Crippen molar-refractivity contribution in [3.05, 3.63) is 58.0 Å². The third-order valence-corrected chi connectivity index (χ3v) is 5.20. The number of hydrogen-bond donors (Lipinski definition) is 1. The van der Waals surface area contributed by atoms with E-state index in [0.29, 0.717) is 10.1 Å². The van der Waals surface area contributed by atoms with Crippen LogP contribution in [0.1, 0.15) is 37.6 Å². The zero-order valence-electron chi connectivity index (χ0n) is 15.7. The van der Waals surface area contributed by atoms with E-state index >= 15 is 0 Å². The molecule has 3 rings (SSSR count). The number of hydrogen-bond acceptors (Lipinski definition) is 6. The second-order valence-electron chi connectivity index (χ2n) is 6.47. The van der Waals surface area contributed by atoms with Gasteiger partial charge in [0.05, 0.1) is 12.6 Å². The molecule has 1 atom stereocenters. The van der Waals surface area contributed by atoms with E-state index in [4.69, 9.17) is 0 Å². The molecule has 1 aromatic carbocycles. The van der Waals surface area contributed by atoms with E-state index in [0.717, 1.165) is 24.1 Å². The van der Waals surface area contributed by atoms with Crippen molar-refractivity contribution in [3.8, 4) is 0 Å². The van der Waals surface area contributed by atoms with Gasteiger partial charge in [-0.15, -0.1) is 5.10 Å². The Morgan fingerprint density at radius 1 is 1.33 bits per heavy atom. The number of aromatic nitrogens is 3. The Bertz CT molecular complexity index is 983. The van der Waals surface area contributed by atoms with Crippen molar-refractivity contribution in [1.29, 1.82) is 0 Å². The van der Waals surface area contributed by atoms with E-state index in [1.54, 1.807) is 11.9 Å². The predicted octanol–water partition coefficient (Wildman–Crippen LogP) is 2.42. The van der Waals surface area contributed by atoms with Crippen molar-refractivity contribution in [2.45, 2.75) is 32.7 Å². The highest BCUT2D eigenvalue weighted by atomic mass is 32.1. The van der Waals surface area contributed by atoms with Crippen LogP contribution in [0.5, 0.6) is 0 Å². The van der Waals surface area contributed by atoms with Crippen LogP contribution in [0, 0.1) is 0 Å². The Hall–Kier alpha value is -2.74. The van der Waals surface area contributed by atoms with Crippen LogP contribution < -0.4 is 15.8 Å². The molecule has 0 aliphatic rings. The van der Waals surface area contributed by atoms with Gasteiger partial charge in [-0.05, 0) is 18.9 Å². The van der Waals surface area contributed by atoms with Gasteiger partial charge in [0.1, 0.15) is 0 Å². The Morgan fingerprint density at radius 3 is 2.78 bits per heavy atom. The topological polar surface area (TPSA) is 79.6 Å². The molecular formula is C19H23N5O2S. The maximum absolute atomic E-state index is 12.4. The van der Waals surface area contributed by atoms with Crippen molar-refractivity contribution in [2.24, 2.45) is 0 Å². The molecule has 0 saturated heterocycles. The Balaban J connectivity index is 1.70. The van der Waals surface area contributed by atoms with Gasteiger partial charge in [-0.1, -0.05) is 55.0 Å². The summed E-state index contributed by atoms with van der Waals surface area (Å²) in [5.41, 5.74) is 1.63. The number of carbonyl (C=O) groups is 1. The molecule has 1 amide bonds. The average Bonchev–Trinajstić information content (AvgIpc) is 3.07. The number of likely N-dealkylation sites (N-methyl/N-ethyl adjacent to an activating group) is 1. The molecule has 0 aliphatic heterocycles. The molecule has 3 aromatic rings. The highest BCUT2D eigenvalue weighted by Gasteiger charge is 2.16. The fourth-order valence-corrected chi connectivity index (χ4v) is 3.67. The molecule has 27 heavy (non-hydrogen) atoms. The highest BCUT2D eigenvalue weighted by Crippen LogP contribution is 2.20. The molecule has 7 nitrogen and oxygen atoms in total. The molecule has 142 valence electrons. The SMILES string of the molecule is CCCc1cc(=O)n2nc(N(C)CC(=O)NC(C)c3ccccc3)sc2n1. The number of aryl methyl sites for hydroxylation is 1. The van der Waals surface area contributed by atoms with Crippen LogP contribution in [-0.2, 0) is 11.2 Å². The third kappa shape index (κ3) is 4.51. The Labute approximate surface area is 161 Å². The van der Waals surface area contributed by atoms with E-state index in [2.05, 4.69) is 15.4 Å². The summed E-state index contributed by atoms with van der Waals surface area (Å²) >= 11 is 1.30. The molecule has 0 fully saturated rings. The molecule has 1 unspecified atom stereocenters. The van der Waals surface area contributed by atoms with E-state index in [9.17, 15) is 9.59 Å². The van der Waals surface area contributed by atoms with E-state index in [-0.39, 0.29) is 24.1 Å². The number of nitrogens with zero attached hydrogens (tertiary/aromatic N) is 4. The number of nitrogens with one attached hydrogen (secondary N) is 1. The van der Waals surface area contributed by atoms with Crippen molar-refractivity contribution in [3.63, 3.8) is 0 Å². The molecule has 0 aliphatic carbocycles. The molecular weight excluding hydrogens is 362 g/mol. The lowest BCUT2D eigenvalue weighted by molar-refractivity contribution is -0.120. The molecule has 0 bridgehead atoms. The maximum atomic E-state index is 12.4. The van der Waals surface area contributed by atoms with Gasteiger partial charge < -0.3 is 10.2 Å². The lowest BCUT2D eigenvalue weighted by Crippen LogP contribution is -2.36. The molecule has 8 heteroatoms. The molecule has 2 aromatic heterocycles. The van der Waals surface area contributed by atoms with Gasteiger partial charge in [-0.3, -0.25) is 9.59 Å². The number of anilines is 1. The van der Waals surface area contributed by atoms with Gasteiger partial charge in [-0.25, -0.2) is 4.98 Å². The fourth-order valence-electron chi connectivity index (χ4n) is 2.78. The standard InChI is InChI=1S/C19H23N5O2S/c1-4-8-15-11-17(26)24-18(21-15)27-19(22-24)23(3)12-16(25)20-13(2)14-9-6-5-7-10-14/h5-7,9-11,13H,4,8,12H2,1-3H3,(H,20,25). The van der Waals surface area contributed by atoms with Gasteiger partial charge in [-0.2, -0.15) is 4.52 Å². The molecule has 0 saturated carbocycles. The number of benzene rings is 1. The number of fused-ring (bicyclic) bond motifs is 1. The van der Waals surface area contributed by atoms with Gasteiger partial charge in [0, 0.05) is 18.8 Å². The lowest BCUT2D eigenvalue weighted by atomic mass is 10.1. The summed E-state index contributed by atoms with van der Waals surface area (Å²) in [6.07, 6.45) is 1.68. The minimum Gasteiger partial charge on any atom is -0.348 e. The summed E-state index contributed by atoms with van der Waals surface area (Å²) in [7, 11) is 1.78. The summed E-state index contributed by atoms with van der Waals surface area (Å²) < 4.78 is 1.29. The Kier molecular flexibility index (Phi) is 5.85. The minimum absolute atomic E-state index is 0.0802. The van der Waals surface area contributed by atoms with Gasteiger partial charge in [0.2, 0.25) is 16.0 Å². The summed E-state index contributed by atoms with van der Waals surface area (Å²) in [5, 5.41) is 7.87. The zero-order valence-corrected chi connectivity index (χ0v) is 16.5. The third-order valence-electron chi connectivity index (χ3n) is 4.18. The molecule has 0 spiro atoms. The normalized spacial score (nSPS) is 12.1. The number of amides is 1. The fraction of sp³-hybridized carbons (Fsp3) is 0.368. The van der Waals surface area contributed by atoms with Crippen LogP contribution in [0.2, 0.25) is 0 Å². The molecule has 1 N–H and O–H groups in total. The monoisotopic (exact) mass is 385 g/mol. The first-order valence-electron chi connectivity index (χ1n) is 8.93. The summed E-state index contributed by atoms with van der Waals surface area (Å²) in [6, 6.07) is 11.2. The van der Waals surface area contributed by atoms with Crippen molar-refractivity contribution >= 4 is 27.3 Å². The van der Waals surface area contributed by atoms with E-state index in [1.165, 1.54) is 21.9 Å². The quantitative estimate of drug-likeness (QED) is 0.676. The smallest absolute Gasteiger partial charge is 0.275 e. The van der Waals surface area contributed by atoms with Gasteiger partial charge >= 0.3 is 0 Å². The predicted molar refractivity (Wildman–Crippen MR) is 107 cm³/mol. The van der Waals surface area contributed by atoms with Crippen molar-refractivity contribution in [2.75, 3.05) is 18.5 Å². The van der Waals surface area contributed by atoms with Crippen LogP contribution >= 0.6 is 11.3 Å². The van der Waals surface area contributed by atoms with Crippen LogP contribution in [0.25, 0.3) is 4.96 Å². The zero-order chi connectivity index (χ0) is 19.4. The Morgan fingerprint density at radius 2 is 2.07 bits per heavy atom. The molecule has 2 heterocycles. The van der Waals surface area contributed by atoms with Crippen LogP contribution in [0.3, 0.4) is 0 Å². The van der Waals surface area contributed by atoms with Gasteiger partial charge in [0.15, 0.2) is 0 Å². The van der Waals surface area contributed by atoms with E-state index in [1.807, 2.05) is 44.2 Å². The number of carbonyl (C=O) groups excluding carboxylic acids is 1. The lowest BCUT2D eigenvalue weighted by Gasteiger charge is -2.18. The molecule has 0 radical (unpaired) electrons. The van der Waals surface area contributed by atoms with Crippen LogP contribution in [0.15, 0.2) is 41.2 Å². The summed E-state index contributed by atoms with van der Waals surface area (Å²) in [4.78, 5) is 31.3. The summed E-state index contributed by atoms with van der Waals surface area (Å²) in [6.45, 7) is 4.14. The minimum atomic E-state index is -0.193. The van der Waals surface area contributed by atoms with Crippen LogP contribution in [0.4, 0.5) is 5.13 Å². The first kappa shape index (κ1) is 19.0. The van der Waals surface area contributed by atoms with Gasteiger partial charge in [0.25, 0.3) is 5.56 Å². The first-order valence-corrected chi connectivity index (χ1v) is 9.75. The van der Waals surface area contributed by atoms with E-state index < -0.39 is 0 Å². The van der Waals surface area contributed by atoms with Crippen LogP contribution in [-0.4, -0.2) is 34.1 Å². The largest absolute Gasteiger partial charge is 0.348 e.